The van der Waals surface area contributed by atoms with E-state index in [0.717, 1.165) is 5.69 Å². The number of hydrogen-bond donors (Lipinski definition) is 1. The topological polar surface area (TPSA) is 26.0 Å². The number of allylic oxidation sites excluding steroid dienone is 3. The SMILES string of the molecule is CC12C=C(c3ccccc3)C=CC1c1ccc(N)cc1S2. The maximum absolute atomic E-state index is 5.93. The highest BCUT2D eigenvalue weighted by Crippen LogP contribution is 2.57. The molecule has 0 bridgehead atoms. The molecule has 1 aliphatic carbocycles. The van der Waals surface area contributed by atoms with E-state index >= 15 is 0 Å². The van der Waals surface area contributed by atoms with E-state index < -0.39 is 0 Å². The number of nitrogen functional groups attached to an aromatic ring is 1. The van der Waals surface area contributed by atoms with Crippen molar-refractivity contribution in [2.75, 3.05) is 5.73 Å². The van der Waals surface area contributed by atoms with Crippen molar-refractivity contribution in [3.8, 4) is 0 Å². The predicted octanol–water partition coefficient (Wildman–Crippen LogP) is 4.87. The van der Waals surface area contributed by atoms with Crippen LogP contribution in [-0.2, 0) is 0 Å². The van der Waals surface area contributed by atoms with E-state index in [0.29, 0.717) is 5.92 Å². The summed E-state index contributed by atoms with van der Waals surface area (Å²) < 4.78 is 0.0794. The smallest absolute Gasteiger partial charge is 0.0470 e. The van der Waals surface area contributed by atoms with Crippen molar-refractivity contribution >= 4 is 23.0 Å². The van der Waals surface area contributed by atoms with Crippen molar-refractivity contribution in [2.45, 2.75) is 22.5 Å². The minimum Gasteiger partial charge on any atom is -0.399 e. The first-order valence-corrected chi connectivity index (χ1v) is 8.02. The van der Waals surface area contributed by atoms with E-state index in [-0.39, 0.29) is 4.75 Å². The fraction of sp³-hybridized carbons (Fsp3) is 0.158. The van der Waals surface area contributed by atoms with Gasteiger partial charge in [-0.1, -0.05) is 54.6 Å². The van der Waals surface area contributed by atoms with Crippen LogP contribution in [0.1, 0.15) is 24.0 Å². The van der Waals surface area contributed by atoms with Gasteiger partial charge in [-0.3, -0.25) is 0 Å². The van der Waals surface area contributed by atoms with Gasteiger partial charge in [0.05, 0.1) is 0 Å². The predicted molar refractivity (Wildman–Crippen MR) is 91.4 cm³/mol. The number of hydrogen-bond acceptors (Lipinski definition) is 2. The summed E-state index contributed by atoms with van der Waals surface area (Å²) in [5.41, 5.74) is 10.8. The monoisotopic (exact) mass is 291 g/mol. The Morgan fingerprint density at radius 1 is 1.10 bits per heavy atom. The molecule has 1 heterocycles. The quantitative estimate of drug-likeness (QED) is 0.759. The molecule has 2 aromatic rings. The van der Waals surface area contributed by atoms with Crippen molar-refractivity contribution in [3.63, 3.8) is 0 Å². The summed E-state index contributed by atoms with van der Waals surface area (Å²) in [6, 6.07) is 16.9. The zero-order valence-electron chi connectivity index (χ0n) is 11.9. The van der Waals surface area contributed by atoms with Gasteiger partial charge in [0.25, 0.3) is 0 Å². The molecule has 1 nitrogen and oxygen atoms in total. The Morgan fingerprint density at radius 3 is 2.71 bits per heavy atom. The second-order valence-electron chi connectivity index (χ2n) is 5.89. The molecule has 0 aromatic heterocycles. The molecule has 104 valence electrons. The minimum absolute atomic E-state index is 0.0794. The van der Waals surface area contributed by atoms with Gasteiger partial charge in [0.2, 0.25) is 0 Å². The molecule has 2 heteroatoms. The Labute approximate surface area is 129 Å². The van der Waals surface area contributed by atoms with Gasteiger partial charge in [-0.15, -0.1) is 11.8 Å². The van der Waals surface area contributed by atoms with Crippen LogP contribution < -0.4 is 5.73 Å². The molecule has 0 saturated heterocycles. The summed E-state index contributed by atoms with van der Waals surface area (Å²) in [5.74, 6) is 0.436. The first-order chi connectivity index (χ1) is 10.2. The van der Waals surface area contributed by atoms with Crippen molar-refractivity contribution in [1.29, 1.82) is 0 Å². The summed E-state index contributed by atoms with van der Waals surface area (Å²) >= 11 is 1.93. The Bertz CT molecular complexity index is 760. The Hall–Kier alpha value is -1.93. The van der Waals surface area contributed by atoms with Crippen LogP contribution in [0.25, 0.3) is 5.57 Å². The van der Waals surface area contributed by atoms with Gasteiger partial charge >= 0.3 is 0 Å². The number of anilines is 1. The van der Waals surface area contributed by atoms with Gasteiger partial charge in [0, 0.05) is 21.2 Å². The van der Waals surface area contributed by atoms with Gasteiger partial charge in [-0.2, -0.15) is 0 Å². The van der Waals surface area contributed by atoms with E-state index in [1.165, 1.54) is 21.6 Å². The molecule has 21 heavy (non-hydrogen) atoms. The summed E-state index contributed by atoms with van der Waals surface area (Å²) in [5, 5.41) is 0. The summed E-state index contributed by atoms with van der Waals surface area (Å²) in [4.78, 5) is 1.32. The molecule has 2 atom stereocenters. The van der Waals surface area contributed by atoms with E-state index in [1.807, 2.05) is 17.8 Å². The Balaban J connectivity index is 1.78. The lowest BCUT2D eigenvalue weighted by Gasteiger charge is -2.30. The zero-order valence-corrected chi connectivity index (χ0v) is 12.7. The van der Waals surface area contributed by atoms with Gasteiger partial charge < -0.3 is 5.73 Å². The van der Waals surface area contributed by atoms with Crippen molar-refractivity contribution in [1.82, 2.24) is 0 Å². The molecule has 0 fully saturated rings. The molecule has 2 aliphatic rings. The van der Waals surface area contributed by atoms with Gasteiger partial charge in [-0.05, 0) is 35.8 Å². The minimum atomic E-state index is 0.0794. The van der Waals surface area contributed by atoms with Gasteiger partial charge in [0.15, 0.2) is 0 Å². The molecular formula is C19H17NS. The second-order valence-corrected chi connectivity index (χ2v) is 7.41. The average molecular weight is 291 g/mol. The standard InChI is InChI=1S/C19H17NS/c1-19-12-14(13-5-3-2-4-6-13)7-10-17(19)16-9-8-15(20)11-18(16)21-19/h2-12,17H,20H2,1H3. The molecule has 2 aromatic carbocycles. The van der Waals surface area contributed by atoms with Crippen LogP contribution in [0.2, 0.25) is 0 Å². The lowest BCUT2D eigenvalue weighted by Crippen LogP contribution is -2.23. The third-order valence-electron chi connectivity index (χ3n) is 4.34. The molecular weight excluding hydrogens is 274 g/mol. The van der Waals surface area contributed by atoms with Crippen molar-refractivity contribution < 1.29 is 0 Å². The van der Waals surface area contributed by atoms with Crippen molar-refractivity contribution in [2.24, 2.45) is 0 Å². The Morgan fingerprint density at radius 2 is 1.90 bits per heavy atom. The van der Waals surface area contributed by atoms with E-state index in [2.05, 4.69) is 67.6 Å². The average Bonchev–Trinajstić information content (AvgIpc) is 2.78. The first kappa shape index (κ1) is 12.8. The summed E-state index contributed by atoms with van der Waals surface area (Å²) in [6.07, 6.45) is 7.01. The summed E-state index contributed by atoms with van der Waals surface area (Å²) in [6.45, 7) is 2.32. The zero-order chi connectivity index (χ0) is 14.4. The highest BCUT2D eigenvalue weighted by atomic mass is 32.2. The molecule has 1 aliphatic heterocycles. The second kappa shape index (κ2) is 4.54. The maximum Gasteiger partial charge on any atom is 0.0470 e. The lowest BCUT2D eigenvalue weighted by molar-refractivity contribution is 0.704. The van der Waals surface area contributed by atoms with Crippen LogP contribution in [0.5, 0.6) is 0 Å². The number of nitrogens with two attached hydrogens (primary N) is 1. The number of benzene rings is 2. The summed E-state index contributed by atoms with van der Waals surface area (Å²) in [7, 11) is 0. The molecule has 0 amide bonds. The molecule has 0 spiro atoms. The third-order valence-corrected chi connectivity index (χ3v) is 5.72. The largest absolute Gasteiger partial charge is 0.399 e. The highest BCUT2D eigenvalue weighted by molar-refractivity contribution is 8.01. The van der Waals surface area contributed by atoms with Crippen LogP contribution in [-0.4, -0.2) is 4.75 Å². The Kier molecular flexibility index (Phi) is 2.76. The fourth-order valence-corrected chi connectivity index (χ4v) is 4.79. The molecule has 0 radical (unpaired) electrons. The van der Waals surface area contributed by atoms with E-state index in [1.54, 1.807) is 0 Å². The lowest BCUT2D eigenvalue weighted by atomic mass is 9.80. The van der Waals surface area contributed by atoms with Crippen LogP contribution in [0.15, 0.2) is 71.7 Å². The van der Waals surface area contributed by atoms with Crippen molar-refractivity contribution in [3.05, 3.63) is 77.9 Å². The van der Waals surface area contributed by atoms with Crippen LogP contribution in [0.4, 0.5) is 5.69 Å². The van der Waals surface area contributed by atoms with Crippen LogP contribution in [0.3, 0.4) is 0 Å². The van der Waals surface area contributed by atoms with E-state index in [4.69, 9.17) is 5.73 Å². The van der Waals surface area contributed by atoms with E-state index in [9.17, 15) is 0 Å². The number of rotatable bonds is 1. The van der Waals surface area contributed by atoms with Crippen LogP contribution in [0, 0.1) is 0 Å². The molecule has 2 unspecified atom stereocenters. The number of fused-ring (bicyclic) bond motifs is 3. The normalized spacial score (nSPS) is 26.1. The molecule has 2 N–H and O–H groups in total. The van der Waals surface area contributed by atoms with Crippen LogP contribution >= 0.6 is 11.8 Å². The molecule has 4 rings (SSSR count). The fourth-order valence-electron chi connectivity index (χ4n) is 3.29. The molecule has 0 saturated carbocycles. The highest BCUT2D eigenvalue weighted by Gasteiger charge is 2.42. The van der Waals surface area contributed by atoms with Gasteiger partial charge in [-0.25, -0.2) is 0 Å². The number of thioether (sulfide) groups is 1. The maximum atomic E-state index is 5.93. The third kappa shape index (κ3) is 2.02. The van der Waals surface area contributed by atoms with Gasteiger partial charge in [0.1, 0.15) is 0 Å². The first-order valence-electron chi connectivity index (χ1n) is 7.21.